The molecular weight excluding hydrogens is 759 g/mol. The number of carbonyl (C=O) groups excluding carboxylic acids is 1. The summed E-state index contributed by atoms with van der Waals surface area (Å²) in [6.07, 6.45) is 79.2. The molecular formula is C58H99NO3. The van der Waals surface area contributed by atoms with Crippen LogP contribution in [-0.2, 0) is 4.79 Å². The summed E-state index contributed by atoms with van der Waals surface area (Å²) in [4.78, 5) is 12.4. The highest BCUT2D eigenvalue weighted by Crippen LogP contribution is 2.15. The first kappa shape index (κ1) is 59.0. The van der Waals surface area contributed by atoms with Gasteiger partial charge in [0, 0.05) is 6.42 Å². The zero-order chi connectivity index (χ0) is 44.9. The van der Waals surface area contributed by atoms with Crippen molar-refractivity contribution in [2.45, 2.75) is 244 Å². The van der Waals surface area contributed by atoms with Gasteiger partial charge in [-0.05, 0) is 83.5 Å². The molecule has 62 heavy (non-hydrogen) atoms. The zero-order valence-electron chi connectivity index (χ0n) is 40.6. The Bertz CT molecular complexity index is 1200. The smallest absolute Gasteiger partial charge is 0.220 e. The Balaban J connectivity index is 3.53. The van der Waals surface area contributed by atoms with Gasteiger partial charge in [-0.2, -0.15) is 0 Å². The number of unbranched alkanes of at least 4 members (excludes halogenated alkanes) is 21. The van der Waals surface area contributed by atoms with E-state index in [-0.39, 0.29) is 12.5 Å². The van der Waals surface area contributed by atoms with E-state index in [2.05, 4.69) is 129 Å². The first-order chi connectivity index (χ1) is 30.7. The molecule has 0 heterocycles. The third-order valence-corrected chi connectivity index (χ3v) is 11.3. The zero-order valence-corrected chi connectivity index (χ0v) is 40.6. The van der Waals surface area contributed by atoms with Crippen molar-refractivity contribution in [2.24, 2.45) is 0 Å². The molecule has 1 amide bonds. The molecule has 0 aliphatic rings. The van der Waals surface area contributed by atoms with Crippen molar-refractivity contribution in [1.82, 2.24) is 5.32 Å². The van der Waals surface area contributed by atoms with Gasteiger partial charge in [-0.25, -0.2) is 0 Å². The monoisotopic (exact) mass is 858 g/mol. The van der Waals surface area contributed by atoms with Crippen molar-refractivity contribution in [2.75, 3.05) is 6.61 Å². The Morgan fingerprint density at radius 2 is 0.710 bits per heavy atom. The molecule has 354 valence electrons. The fraction of sp³-hybridized carbons (Fsp3) is 0.672. The lowest BCUT2D eigenvalue weighted by atomic mass is 10.0. The molecule has 0 saturated heterocycles. The van der Waals surface area contributed by atoms with Crippen LogP contribution in [0, 0.1) is 0 Å². The van der Waals surface area contributed by atoms with Crippen LogP contribution in [0.1, 0.15) is 232 Å². The van der Waals surface area contributed by atoms with Crippen LogP contribution in [0.2, 0.25) is 0 Å². The van der Waals surface area contributed by atoms with E-state index in [0.717, 1.165) is 83.5 Å². The Hall–Kier alpha value is -2.95. The predicted molar refractivity (Wildman–Crippen MR) is 276 cm³/mol. The number of nitrogens with one attached hydrogen (secondary N) is 1. The maximum absolute atomic E-state index is 12.4. The Kier molecular flexibility index (Phi) is 49.9. The lowest BCUT2D eigenvalue weighted by Crippen LogP contribution is -2.45. The molecule has 4 nitrogen and oxygen atoms in total. The van der Waals surface area contributed by atoms with Gasteiger partial charge in [0.15, 0.2) is 0 Å². The molecule has 2 atom stereocenters. The minimum atomic E-state index is -0.662. The molecule has 0 aromatic heterocycles. The second-order valence-corrected chi connectivity index (χ2v) is 17.2. The van der Waals surface area contributed by atoms with Crippen LogP contribution in [-0.4, -0.2) is 34.9 Å². The second kappa shape index (κ2) is 52.4. The topological polar surface area (TPSA) is 69.6 Å². The van der Waals surface area contributed by atoms with E-state index in [1.807, 2.05) is 0 Å². The van der Waals surface area contributed by atoms with E-state index >= 15 is 0 Å². The number of aliphatic hydroxyl groups excluding tert-OH is 2. The maximum atomic E-state index is 12.4. The summed E-state index contributed by atoms with van der Waals surface area (Å²) in [7, 11) is 0. The van der Waals surface area contributed by atoms with Crippen molar-refractivity contribution in [1.29, 1.82) is 0 Å². The molecule has 0 bridgehead atoms. The van der Waals surface area contributed by atoms with Crippen LogP contribution in [0.4, 0.5) is 0 Å². The van der Waals surface area contributed by atoms with Gasteiger partial charge in [0.05, 0.1) is 18.8 Å². The summed E-state index contributed by atoms with van der Waals surface area (Å²) < 4.78 is 0. The van der Waals surface area contributed by atoms with E-state index < -0.39 is 12.1 Å². The highest BCUT2D eigenvalue weighted by atomic mass is 16.3. The van der Waals surface area contributed by atoms with Crippen molar-refractivity contribution in [3.05, 3.63) is 109 Å². The number of carbonyl (C=O) groups is 1. The molecule has 0 spiro atoms. The molecule has 0 saturated carbocycles. The van der Waals surface area contributed by atoms with Crippen LogP contribution in [0.5, 0.6) is 0 Å². The molecule has 0 aliphatic carbocycles. The quantitative estimate of drug-likeness (QED) is 0.0422. The Morgan fingerprint density at radius 1 is 0.403 bits per heavy atom. The van der Waals surface area contributed by atoms with Crippen molar-refractivity contribution >= 4 is 5.91 Å². The fourth-order valence-corrected chi connectivity index (χ4v) is 7.35. The number of aliphatic hydroxyl groups is 2. The van der Waals surface area contributed by atoms with Gasteiger partial charge < -0.3 is 15.5 Å². The SMILES string of the molecule is CC/C=C\C/C=C\C/C=C\C/C=C\C/C=C\C/C=C\C/C=C\C/C=C\C/C=C\CCCCCCCCCCCCCCCC(=O)NC(CO)C(O)CCCCCCCCCCC. The van der Waals surface area contributed by atoms with Gasteiger partial charge in [0.1, 0.15) is 0 Å². The third-order valence-electron chi connectivity index (χ3n) is 11.3. The average molecular weight is 858 g/mol. The molecule has 2 unspecified atom stereocenters. The summed E-state index contributed by atoms with van der Waals surface area (Å²) in [5.41, 5.74) is 0. The number of rotatable bonds is 46. The van der Waals surface area contributed by atoms with Crippen molar-refractivity contribution < 1.29 is 15.0 Å². The molecule has 0 aliphatic heterocycles. The number of hydrogen-bond acceptors (Lipinski definition) is 3. The van der Waals surface area contributed by atoms with E-state index in [1.54, 1.807) is 0 Å². The van der Waals surface area contributed by atoms with Crippen molar-refractivity contribution in [3.8, 4) is 0 Å². The average Bonchev–Trinajstić information content (AvgIpc) is 3.28. The van der Waals surface area contributed by atoms with E-state index in [1.165, 1.54) is 122 Å². The van der Waals surface area contributed by atoms with Gasteiger partial charge in [-0.15, -0.1) is 0 Å². The molecule has 4 heteroatoms. The lowest BCUT2D eigenvalue weighted by Gasteiger charge is -2.22. The number of hydrogen-bond donors (Lipinski definition) is 3. The van der Waals surface area contributed by atoms with E-state index in [0.29, 0.717) is 12.8 Å². The van der Waals surface area contributed by atoms with Crippen LogP contribution in [0.3, 0.4) is 0 Å². The molecule has 0 radical (unpaired) electrons. The summed E-state index contributed by atoms with van der Waals surface area (Å²) in [6, 6.07) is -0.540. The number of amides is 1. The van der Waals surface area contributed by atoms with E-state index in [4.69, 9.17) is 0 Å². The Morgan fingerprint density at radius 3 is 1.06 bits per heavy atom. The summed E-state index contributed by atoms with van der Waals surface area (Å²) in [5, 5.41) is 23.1. The summed E-state index contributed by atoms with van der Waals surface area (Å²) in [5.74, 6) is -0.0390. The molecule has 0 fully saturated rings. The minimum Gasteiger partial charge on any atom is -0.394 e. The van der Waals surface area contributed by atoms with Gasteiger partial charge in [0.25, 0.3) is 0 Å². The lowest BCUT2D eigenvalue weighted by molar-refractivity contribution is -0.123. The number of allylic oxidation sites excluding steroid dienone is 18. The molecule has 0 rings (SSSR count). The van der Waals surface area contributed by atoms with Crippen LogP contribution in [0.25, 0.3) is 0 Å². The summed E-state index contributed by atoms with van der Waals surface area (Å²) >= 11 is 0. The predicted octanol–water partition coefficient (Wildman–Crippen LogP) is 17.1. The third kappa shape index (κ3) is 48.1. The van der Waals surface area contributed by atoms with Gasteiger partial charge in [-0.3, -0.25) is 4.79 Å². The largest absolute Gasteiger partial charge is 0.394 e. The van der Waals surface area contributed by atoms with Crippen LogP contribution >= 0.6 is 0 Å². The maximum Gasteiger partial charge on any atom is 0.220 e. The van der Waals surface area contributed by atoms with E-state index in [9.17, 15) is 15.0 Å². The summed E-state index contributed by atoms with van der Waals surface area (Å²) in [6.45, 7) is 4.21. The minimum absolute atomic E-state index is 0.0390. The van der Waals surface area contributed by atoms with Crippen molar-refractivity contribution in [3.63, 3.8) is 0 Å². The normalized spacial score (nSPS) is 13.8. The van der Waals surface area contributed by atoms with Gasteiger partial charge in [0.2, 0.25) is 5.91 Å². The fourth-order valence-electron chi connectivity index (χ4n) is 7.35. The highest BCUT2D eigenvalue weighted by molar-refractivity contribution is 5.76. The van der Waals surface area contributed by atoms with Crippen LogP contribution in [0.15, 0.2) is 109 Å². The standard InChI is InChI=1S/C58H99NO3/c1-3-5-7-9-11-13-14-15-16-17-18-19-20-21-22-23-24-25-26-27-28-29-30-31-32-33-34-35-36-37-38-39-40-41-42-43-44-46-48-50-52-54-58(62)59-56(55-60)57(61)53-51-49-47-45-12-10-8-6-4-2/h5,7,11,13,15-16,18-19,21-22,24-25,27-28,30-31,33-34,56-57,60-61H,3-4,6,8-10,12,14,17,20,23,26,29,32,35-55H2,1-2H3,(H,59,62)/b7-5-,13-11-,16-15-,19-18-,22-21-,25-24-,28-27-,31-30-,34-33-. The second-order valence-electron chi connectivity index (χ2n) is 17.2. The molecule has 3 N–H and O–H groups in total. The van der Waals surface area contributed by atoms with Gasteiger partial charge >= 0.3 is 0 Å². The Labute approximate surface area is 385 Å². The molecule has 0 aromatic rings. The molecule has 0 aromatic carbocycles. The first-order valence-corrected chi connectivity index (χ1v) is 26.1. The highest BCUT2D eigenvalue weighted by Gasteiger charge is 2.20. The first-order valence-electron chi connectivity index (χ1n) is 26.1. The van der Waals surface area contributed by atoms with Gasteiger partial charge in [-0.1, -0.05) is 252 Å². The van der Waals surface area contributed by atoms with Crippen LogP contribution < -0.4 is 5.32 Å².